The molecule has 0 saturated carbocycles. The summed E-state index contributed by atoms with van der Waals surface area (Å²) in [5.41, 5.74) is 3.93. The molecule has 3 heteroatoms. The van der Waals surface area contributed by atoms with Crippen molar-refractivity contribution < 1.29 is 0 Å². The van der Waals surface area contributed by atoms with Crippen LogP contribution < -0.4 is 5.32 Å². The molecule has 2 nitrogen and oxygen atoms in total. The highest BCUT2D eigenvalue weighted by Gasteiger charge is 2.18. The van der Waals surface area contributed by atoms with E-state index in [9.17, 15) is 0 Å². The van der Waals surface area contributed by atoms with E-state index in [-0.39, 0.29) is 6.04 Å². The van der Waals surface area contributed by atoms with Crippen molar-refractivity contribution in [2.75, 3.05) is 7.05 Å². The van der Waals surface area contributed by atoms with Crippen molar-refractivity contribution in [1.29, 1.82) is 0 Å². The number of aromatic nitrogens is 1. The van der Waals surface area contributed by atoms with E-state index in [2.05, 4.69) is 55.7 Å². The first-order chi connectivity index (χ1) is 9.17. The summed E-state index contributed by atoms with van der Waals surface area (Å²) in [6.07, 6.45) is 1.05. The van der Waals surface area contributed by atoms with Gasteiger partial charge in [0.15, 0.2) is 0 Å². The molecule has 1 N–H and O–H groups in total. The van der Waals surface area contributed by atoms with Crippen LogP contribution in [0.5, 0.6) is 0 Å². The maximum atomic E-state index is 4.79. The molecule has 2 aromatic rings. The molecule has 1 unspecified atom stereocenters. The predicted molar refractivity (Wildman–Crippen MR) is 82.9 cm³/mol. The lowest BCUT2D eigenvalue weighted by Gasteiger charge is -2.17. The molecule has 102 valence electrons. The molecule has 1 aromatic carbocycles. The van der Waals surface area contributed by atoms with Crippen molar-refractivity contribution in [2.45, 2.75) is 39.2 Å². The minimum atomic E-state index is 0.202. The average molecular weight is 274 g/mol. The first-order valence-electron chi connectivity index (χ1n) is 6.87. The first kappa shape index (κ1) is 14.2. The van der Waals surface area contributed by atoms with Crippen LogP contribution in [-0.2, 0) is 6.42 Å². The Hall–Kier alpha value is -1.19. The third-order valence-electron chi connectivity index (χ3n) is 3.41. The molecule has 0 aliphatic rings. The molecule has 0 spiro atoms. The standard InChI is InChI=1S/C16H22N2S/c1-5-12-8-6-7-9-13(12)15(17-4)16-18-14(10-19-16)11(2)3/h6-11,15,17H,5H2,1-4H3. The van der Waals surface area contributed by atoms with Gasteiger partial charge >= 0.3 is 0 Å². The second kappa shape index (κ2) is 6.31. The lowest BCUT2D eigenvalue weighted by molar-refractivity contribution is 0.672. The Labute approximate surface area is 119 Å². The summed E-state index contributed by atoms with van der Waals surface area (Å²) in [7, 11) is 2.01. The van der Waals surface area contributed by atoms with Crippen LogP contribution in [0.1, 0.15) is 54.6 Å². The summed E-state index contributed by atoms with van der Waals surface area (Å²) >= 11 is 1.75. The topological polar surface area (TPSA) is 24.9 Å². The third kappa shape index (κ3) is 3.04. The summed E-state index contributed by atoms with van der Waals surface area (Å²) < 4.78 is 0. The van der Waals surface area contributed by atoms with Gasteiger partial charge in [0.25, 0.3) is 0 Å². The lowest BCUT2D eigenvalue weighted by atomic mass is 9.99. The molecule has 0 saturated heterocycles. The highest BCUT2D eigenvalue weighted by molar-refractivity contribution is 7.09. The summed E-state index contributed by atoms with van der Waals surface area (Å²) in [4.78, 5) is 4.79. The highest BCUT2D eigenvalue weighted by Crippen LogP contribution is 2.29. The second-order valence-corrected chi connectivity index (χ2v) is 5.93. The zero-order chi connectivity index (χ0) is 13.8. The largest absolute Gasteiger partial charge is 0.307 e. The highest BCUT2D eigenvalue weighted by atomic mass is 32.1. The van der Waals surface area contributed by atoms with Crippen LogP contribution in [0.2, 0.25) is 0 Å². The summed E-state index contributed by atoms with van der Waals surface area (Å²) in [6, 6.07) is 8.83. The van der Waals surface area contributed by atoms with Crippen molar-refractivity contribution in [3.05, 3.63) is 51.5 Å². The van der Waals surface area contributed by atoms with Gasteiger partial charge in [-0.2, -0.15) is 0 Å². The lowest BCUT2D eigenvalue weighted by Crippen LogP contribution is -2.19. The smallest absolute Gasteiger partial charge is 0.114 e. The Balaban J connectivity index is 2.38. The minimum Gasteiger partial charge on any atom is -0.307 e. The zero-order valence-electron chi connectivity index (χ0n) is 12.1. The molecule has 2 rings (SSSR count). The van der Waals surface area contributed by atoms with E-state index in [0.29, 0.717) is 5.92 Å². The van der Waals surface area contributed by atoms with Crippen LogP contribution in [0.15, 0.2) is 29.6 Å². The van der Waals surface area contributed by atoms with Crippen LogP contribution in [0.4, 0.5) is 0 Å². The van der Waals surface area contributed by atoms with Gasteiger partial charge in [0.1, 0.15) is 5.01 Å². The Morgan fingerprint density at radius 1 is 1.26 bits per heavy atom. The van der Waals surface area contributed by atoms with Gasteiger partial charge < -0.3 is 5.32 Å². The van der Waals surface area contributed by atoms with Gasteiger partial charge in [-0.15, -0.1) is 11.3 Å². The fourth-order valence-electron chi connectivity index (χ4n) is 2.25. The molecule has 1 heterocycles. The minimum absolute atomic E-state index is 0.202. The van der Waals surface area contributed by atoms with Gasteiger partial charge in [-0.3, -0.25) is 0 Å². The number of hydrogen-bond acceptors (Lipinski definition) is 3. The normalized spacial score (nSPS) is 12.9. The predicted octanol–water partition coefficient (Wildman–Crippen LogP) is 4.14. The Morgan fingerprint density at radius 3 is 2.58 bits per heavy atom. The van der Waals surface area contributed by atoms with Crippen LogP contribution >= 0.6 is 11.3 Å². The van der Waals surface area contributed by atoms with E-state index >= 15 is 0 Å². The Kier molecular flexibility index (Phi) is 4.72. The fourth-order valence-corrected chi connectivity index (χ4v) is 3.35. The van der Waals surface area contributed by atoms with Crippen LogP contribution in [-0.4, -0.2) is 12.0 Å². The van der Waals surface area contributed by atoms with Gasteiger partial charge in [0.2, 0.25) is 0 Å². The van der Waals surface area contributed by atoms with E-state index in [4.69, 9.17) is 4.98 Å². The van der Waals surface area contributed by atoms with Gasteiger partial charge in [0, 0.05) is 5.38 Å². The number of hydrogen-bond donors (Lipinski definition) is 1. The molecule has 0 fully saturated rings. The van der Waals surface area contributed by atoms with E-state index in [1.807, 2.05) is 7.05 Å². The van der Waals surface area contributed by atoms with E-state index in [0.717, 1.165) is 11.4 Å². The van der Waals surface area contributed by atoms with Crippen LogP contribution in [0, 0.1) is 0 Å². The van der Waals surface area contributed by atoms with Crippen molar-refractivity contribution in [3.63, 3.8) is 0 Å². The molecular weight excluding hydrogens is 252 g/mol. The van der Waals surface area contributed by atoms with E-state index in [1.54, 1.807) is 11.3 Å². The Morgan fingerprint density at radius 2 is 2.00 bits per heavy atom. The number of nitrogens with one attached hydrogen (secondary N) is 1. The van der Waals surface area contributed by atoms with Gasteiger partial charge in [-0.1, -0.05) is 45.0 Å². The SMILES string of the molecule is CCc1ccccc1C(NC)c1nc(C(C)C)cs1. The molecule has 0 aliphatic carbocycles. The molecular formula is C16H22N2S. The number of thiazole rings is 1. The number of aryl methyl sites for hydroxylation is 1. The first-order valence-corrected chi connectivity index (χ1v) is 7.75. The fraction of sp³-hybridized carbons (Fsp3) is 0.438. The summed E-state index contributed by atoms with van der Waals surface area (Å²) in [5.74, 6) is 0.490. The van der Waals surface area contributed by atoms with Crippen molar-refractivity contribution in [1.82, 2.24) is 10.3 Å². The van der Waals surface area contributed by atoms with Gasteiger partial charge in [-0.05, 0) is 30.5 Å². The number of benzene rings is 1. The number of rotatable bonds is 5. The van der Waals surface area contributed by atoms with Gasteiger partial charge in [0.05, 0.1) is 11.7 Å². The van der Waals surface area contributed by atoms with E-state index in [1.165, 1.54) is 16.8 Å². The molecule has 1 aromatic heterocycles. The van der Waals surface area contributed by atoms with Crippen molar-refractivity contribution in [2.24, 2.45) is 0 Å². The quantitative estimate of drug-likeness (QED) is 0.886. The maximum absolute atomic E-state index is 4.79. The monoisotopic (exact) mass is 274 g/mol. The zero-order valence-corrected chi connectivity index (χ0v) is 12.9. The summed E-state index contributed by atoms with van der Waals surface area (Å²) in [6.45, 7) is 6.58. The molecule has 0 radical (unpaired) electrons. The molecule has 19 heavy (non-hydrogen) atoms. The third-order valence-corrected chi connectivity index (χ3v) is 4.34. The molecule has 1 atom stereocenters. The van der Waals surface area contributed by atoms with Crippen molar-refractivity contribution in [3.8, 4) is 0 Å². The molecule has 0 amide bonds. The number of nitrogens with zero attached hydrogens (tertiary/aromatic N) is 1. The van der Waals surface area contributed by atoms with E-state index < -0.39 is 0 Å². The second-order valence-electron chi connectivity index (χ2n) is 5.04. The van der Waals surface area contributed by atoms with Gasteiger partial charge in [-0.25, -0.2) is 4.98 Å². The Bertz CT molecular complexity index is 531. The average Bonchev–Trinajstić information content (AvgIpc) is 2.90. The summed E-state index contributed by atoms with van der Waals surface area (Å²) in [5, 5.41) is 6.75. The maximum Gasteiger partial charge on any atom is 0.114 e. The molecule has 0 aliphatic heterocycles. The van der Waals surface area contributed by atoms with Crippen LogP contribution in [0.25, 0.3) is 0 Å². The molecule has 0 bridgehead atoms. The van der Waals surface area contributed by atoms with Crippen molar-refractivity contribution >= 4 is 11.3 Å². The van der Waals surface area contributed by atoms with Crippen LogP contribution in [0.3, 0.4) is 0 Å².